The fourth-order valence-corrected chi connectivity index (χ4v) is 3.33. The quantitative estimate of drug-likeness (QED) is 0.642. The third-order valence-corrected chi connectivity index (χ3v) is 4.85. The highest BCUT2D eigenvalue weighted by atomic mass is 32.2. The highest BCUT2D eigenvalue weighted by Gasteiger charge is 2.35. The molecule has 2 aromatic carbocycles. The number of phenolic OH excluding ortho intramolecular Hbond substituents is 2. The van der Waals surface area contributed by atoms with Crippen LogP contribution < -0.4 is 0 Å². The average Bonchev–Trinajstić information content (AvgIpc) is 2.86. The maximum Gasteiger partial charge on any atom is 0.293 e. The zero-order valence-corrected chi connectivity index (χ0v) is 14.4. The van der Waals surface area contributed by atoms with Crippen LogP contribution in [0.3, 0.4) is 0 Å². The van der Waals surface area contributed by atoms with Gasteiger partial charge in [-0.3, -0.25) is 14.5 Å². The van der Waals surface area contributed by atoms with Crippen LogP contribution in [-0.4, -0.2) is 26.3 Å². The number of carbonyl (C=O) groups is 2. The molecule has 1 fully saturated rings. The molecule has 0 aliphatic carbocycles. The van der Waals surface area contributed by atoms with Crippen LogP contribution in [0.15, 0.2) is 47.4 Å². The summed E-state index contributed by atoms with van der Waals surface area (Å²) in [4.78, 5) is 26.2. The summed E-state index contributed by atoms with van der Waals surface area (Å²) in [5.74, 6) is -0.883. The van der Waals surface area contributed by atoms with Gasteiger partial charge in [-0.05, 0) is 53.1 Å². The van der Waals surface area contributed by atoms with E-state index >= 15 is 0 Å². The summed E-state index contributed by atoms with van der Waals surface area (Å²) in [6.45, 7) is 2.12. The summed E-state index contributed by atoms with van der Waals surface area (Å²) in [6, 6.07) is 12.1. The lowest BCUT2D eigenvalue weighted by Crippen LogP contribution is -2.27. The van der Waals surface area contributed by atoms with Gasteiger partial charge in [0.25, 0.3) is 11.1 Å². The van der Waals surface area contributed by atoms with E-state index in [1.165, 1.54) is 17.7 Å². The molecular weight excluding hydrogens is 338 g/mol. The molecule has 2 amide bonds. The fraction of sp³-hybridized carbons (Fsp3) is 0.158. The molecule has 1 aliphatic heterocycles. The lowest BCUT2D eigenvalue weighted by atomic mass is 10.1. The monoisotopic (exact) mass is 355 g/mol. The largest absolute Gasteiger partial charge is 0.504 e. The van der Waals surface area contributed by atoms with Crippen molar-refractivity contribution in [2.45, 2.75) is 19.9 Å². The van der Waals surface area contributed by atoms with Crippen LogP contribution in [0.1, 0.15) is 23.6 Å². The van der Waals surface area contributed by atoms with Crippen molar-refractivity contribution in [2.24, 2.45) is 0 Å². The molecule has 128 valence electrons. The Labute approximate surface area is 149 Å². The summed E-state index contributed by atoms with van der Waals surface area (Å²) in [7, 11) is 0. The molecule has 2 aromatic rings. The Bertz CT molecular complexity index is 858. The van der Waals surface area contributed by atoms with Crippen LogP contribution in [0.25, 0.3) is 6.08 Å². The zero-order chi connectivity index (χ0) is 18.0. The lowest BCUT2D eigenvalue weighted by molar-refractivity contribution is -0.123. The van der Waals surface area contributed by atoms with Gasteiger partial charge in [-0.15, -0.1) is 0 Å². The third-order valence-electron chi connectivity index (χ3n) is 3.94. The summed E-state index contributed by atoms with van der Waals surface area (Å²) in [5.41, 5.74) is 2.63. The normalized spacial score (nSPS) is 16.0. The lowest BCUT2D eigenvalue weighted by Gasteiger charge is -2.12. The van der Waals surface area contributed by atoms with E-state index in [1.54, 1.807) is 12.1 Å². The number of amides is 2. The van der Waals surface area contributed by atoms with Crippen molar-refractivity contribution in [1.29, 1.82) is 0 Å². The number of hydrogen-bond acceptors (Lipinski definition) is 5. The number of benzene rings is 2. The van der Waals surface area contributed by atoms with Crippen LogP contribution in [0, 0.1) is 0 Å². The number of nitrogens with zero attached hydrogens (tertiary/aromatic N) is 1. The molecule has 3 rings (SSSR count). The van der Waals surface area contributed by atoms with Gasteiger partial charge < -0.3 is 10.2 Å². The highest BCUT2D eigenvalue weighted by molar-refractivity contribution is 8.18. The first-order valence-electron chi connectivity index (χ1n) is 7.83. The summed E-state index contributed by atoms with van der Waals surface area (Å²) >= 11 is 0.900. The van der Waals surface area contributed by atoms with Crippen molar-refractivity contribution < 1.29 is 19.8 Å². The number of hydrogen-bond donors (Lipinski definition) is 2. The molecule has 1 saturated heterocycles. The van der Waals surface area contributed by atoms with Crippen molar-refractivity contribution >= 4 is 29.0 Å². The third kappa shape index (κ3) is 3.69. The summed E-state index contributed by atoms with van der Waals surface area (Å²) < 4.78 is 0. The van der Waals surface area contributed by atoms with Gasteiger partial charge in [0.05, 0.1) is 11.4 Å². The van der Waals surface area contributed by atoms with Crippen molar-refractivity contribution in [3.63, 3.8) is 0 Å². The van der Waals surface area contributed by atoms with Gasteiger partial charge in [-0.1, -0.05) is 37.3 Å². The van der Waals surface area contributed by atoms with E-state index in [0.29, 0.717) is 10.5 Å². The van der Waals surface area contributed by atoms with Gasteiger partial charge in [-0.2, -0.15) is 0 Å². The topological polar surface area (TPSA) is 77.8 Å². The predicted octanol–water partition coefficient (Wildman–Crippen LogP) is 3.90. The molecule has 2 N–H and O–H groups in total. The first-order chi connectivity index (χ1) is 12.0. The molecular formula is C19H17NO4S. The Balaban J connectivity index is 1.79. The van der Waals surface area contributed by atoms with Crippen molar-refractivity contribution in [2.75, 3.05) is 0 Å². The van der Waals surface area contributed by atoms with Crippen LogP contribution in [0.4, 0.5) is 4.79 Å². The molecule has 6 heteroatoms. The number of phenols is 2. The number of rotatable bonds is 4. The van der Waals surface area contributed by atoms with Crippen LogP contribution in [0.2, 0.25) is 0 Å². The van der Waals surface area contributed by atoms with E-state index < -0.39 is 0 Å². The summed E-state index contributed by atoms with van der Waals surface area (Å²) in [6.07, 6.45) is 2.65. The maximum atomic E-state index is 12.5. The van der Waals surface area contributed by atoms with Gasteiger partial charge >= 0.3 is 0 Å². The van der Waals surface area contributed by atoms with Crippen molar-refractivity contribution in [3.05, 3.63) is 64.1 Å². The van der Waals surface area contributed by atoms with Gasteiger partial charge in [0.2, 0.25) is 0 Å². The van der Waals surface area contributed by atoms with Crippen LogP contribution in [0.5, 0.6) is 11.5 Å². The number of thioether (sulfide) groups is 1. The molecule has 0 spiro atoms. The molecule has 0 atom stereocenters. The number of imide groups is 1. The van der Waals surface area contributed by atoms with E-state index in [0.717, 1.165) is 28.6 Å². The van der Waals surface area contributed by atoms with Crippen LogP contribution in [-0.2, 0) is 17.8 Å². The van der Waals surface area contributed by atoms with E-state index in [-0.39, 0.29) is 29.2 Å². The molecule has 5 nitrogen and oxygen atoms in total. The molecule has 0 unspecified atom stereocenters. The second-order valence-corrected chi connectivity index (χ2v) is 6.68. The minimum absolute atomic E-state index is 0.0462. The van der Waals surface area contributed by atoms with Gasteiger partial charge in [0.15, 0.2) is 11.5 Å². The van der Waals surface area contributed by atoms with Gasteiger partial charge in [-0.25, -0.2) is 0 Å². The predicted molar refractivity (Wildman–Crippen MR) is 97.1 cm³/mol. The molecule has 1 heterocycles. The molecule has 0 aromatic heterocycles. The SMILES string of the molecule is CCc1ccc(C=C2SC(=O)N(Cc3ccc(O)c(O)c3)C2=O)cc1. The zero-order valence-electron chi connectivity index (χ0n) is 13.6. The van der Waals surface area contributed by atoms with Crippen LogP contribution >= 0.6 is 11.8 Å². The highest BCUT2D eigenvalue weighted by Crippen LogP contribution is 2.34. The first-order valence-corrected chi connectivity index (χ1v) is 8.64. The molecule has 25 heavy (non-hydrogen) atoms. The van der Waals surface area contributed by atoms with Gasteiger partial charge in [0.1, 0.15) is 0 Å². The van der Waals surface area contributed by atoms with E-state index in [9.17, 15) is 19.8 Å². The molecule has 0 radical (unpaired) electrons. The average molecular weight is 355 g/mol. The second kappa shape index (κ2) is 7.03. The molecule has 0 bridgehead atoms. The number of aryl methyl sites for hydroxylation is 1. The Morgan fingerprint density at radius 2 is 1.68 bits per heavy atom. The summed E-state index contributed by atoms with van der Waals surface area (Å²) in [5, 5.41) is 18.5. The van der Waals surface area contributed by atoms with Gasteiger partial charge in [0, 0.05) is 0 Å². The fourth-order valence-electron chi connectivity index (χ4n) is 2.49. The van der Waals surface area contributed by atoms with E-state index in [1.807, 2.05) is 24.3 Å². The number of carbonyl (C=O) groups excluding carboxylic acids is 2. The van der Waals surface area contributed by atoms with Crippen molar-refractivity contribution in [3.8, 4) is 11.5 Å². The minimum Gasteiger partial charge on any atom is -0.504 e. The van der Waals surface area contributed by atoms with E-state index in [2.05, 4.69) is 6.92 Å². The first kappa shape index (κ1) is 17.1. The molecule has 1 aliphatic rings. The Morgan fingerprint density at radius 3 is 2.32 bits per heavy atom. The maximum absolute atomic E-state index is 12.5. The second-order valence-electron chi connectivity index (χ2n) is 5.69. The Hall–Kier alpha value is -2.73. The minimum atomic E-state index is -0.359. The van der Waals surface area contributed by atoms with Crippen molar-refractivity contribution in [1.82, 2.24) is 4.90 Å². The van der Waals surface area contributed by atoms with E-state index in [4.69, 9.17) is 0 Å². The Morgan fingerprint density at radius 1 is 1.00 bits per heavy atom. The molecule has 0 saturated carbocycles. The Kier molecular flexibility index (Phi) is 4.81. The smallest absolute Gasteiger partial charge is 0.293 e. The standard InChI is InChI=1S/C19H17NO4S/c1-2-12-3-5-13(6-4-12)10-17-18(23)20(19(24)25-17)11-14-7-8-15(21)16(22)9-14/h3-10,21-22H,2,11H2,1H3. The number of aromatic hydroxyl groups is 2.